The zero-order valence-electron chi connectivity index (χ0n) is 27.4. The summed E-state index contributed by atoms with van der Waals surface area (Å²) >= 11 is 0. The molecule has 0 aromatic carbocycles. The number of unbranched alkanes of at least 4 members (excludes halogenated alkanes) is 12. The monoisotopic (exact) mass is 555 g/mol. The number of allylic oxidation sites excluding steroid dienone is 4. The summed E-state index contributed by atoms with van der Waals surface area (Å²) in [7, 11) is 0. The van der Waals surface area contributed by atoms with Crippen LogP contribution in [0.1, 0.15) is 169 Å². The van der Waals surface area contributed by atoms with Crippen molar-refractivity contribution in [2.75, 3.05) is 6.61 Å². The lowest BCUT2D eigenvalue weighted by molar-refractivity contribution is -0.170. The molecular formula is C38H66O2. The lowest BCUT2D eigenvalue weighted by atomic mass is 9.46. The highest BCUT2D eigenvalue weighted by molar-refractivity contribution is 5.77. The zero-order valence-corrected chi connectivity index (χ0v) is 27.4. The molecule has 0 radical (unpaired) electrons. The first-order chi connectivity index (χ1) is 19.3. The van der Waals surface area contributed by atoms with Crippen molar-refractivity contribution in [2.45, 2.75) is 169 Å². The summed E-state index contributed by atoms with van der Waals surface area (Å²) in [5, 5.41) is 0. The van der Waals surface area contributed by atoms with E-state index < -0.39 is 0 Å². The molecular weight excluding hydrogens is 488 g/mol. The molecule has 0 aromatic rings. The Morgan fingerprint density at radius 3 is 2.17 bits per heavy atom. The third-order valence-electron chi connectivity index (χ3n) is 11.5. The first-order valence-electron chi connectivity index (χ1n) is 17.8. The average Bonchev–Trinajstić information content (AvgIpc) is 2.94. The second kappa shape index (κ2) is 17.2. The first kappa shape index (κ1) is 33.5. The van der Waals surface area contributed by atoms with E-state index in [1.807, 2.05) is 0 Å². The highest BCUT2D eigenvalue weighted by Gasteiger charge is 2.58. The SMILES string of the molecule is CCCCCCCCC=CCCCCCCCCOC(=O)[C@@]1(C)CCC[C@@]2(C)C1CC=C1CC(C(C)C)CC[C@H]12. The summed E-state index contributed by atoms with van der Waals surface area (Å²) in [5.41, 5.74) is 1.68. The molecule has 3 aliphatic carbocycles. The van der Waals surface area contributed by atoms with E-state index in [9.17, 15) is 4.79 Å². The van der Waals surface area contributed by atoms with Crippen molar-refractivity contribution in [1.29, 1.82) is 0 Å². The van der Waals surface area contributed by atoms with Crippen molar-refractivity contribution < 1.29 is 9.53 Å². The number of ether oxygens (including phenoxy) is 1. The molecule has 3 rings (SSSR count). The Labute approximate surface area is 249 Å². The molecule has 230 valence electrons. The van der Waals surface area contributed by atoms with E-state index >= 15 is 0 Å². The van der Waals surface area contributed by atoms with E-state index in [0.29, 0.717) is 18.4 Å². The van der Waals surface area contributed by atoms with E-state index in [4.69, 9.17) is 4.74 Å². The van der Waals surface area contributed by atoms with Crippen molar-refractivity contribution in [3.8, 4) is 0 Å². The number of carbonyl (C=O) groups excluding carboxylic acids is 1. The molecule has 40 heavy (non-hydrogen) atoms. The molecule has 2 heteroatoms. The van der Waals surface area contributed by atoms with Crippen LogP contribution >= 0.6 is 0 Å². The Bertz CT molecular complexity index is 793. The molecule has 0 saturated heterocycles. The van der Waals surface area contributed by atoms with Crippen molar-refractivity contribution in [1.82, 2.24) is 0 Å². The maximum atomic E-state index is 13.5. The van der Waals surface area contributed by atoms with Crippen LogP contribution in [0.3, 0.4) is 0 Å². The van der Waals surface area contributed by atoms with Gasteiger partial charge in [0.2, 0.25) is 0 Å². The molecule has 0 bridgehead atoms. The lowest BCUT2D eigenvalue weighted by Gasteiger charge is -2.58. The summed E-state index contributed by atoms with van der Waals surface area (Å²) in [5.74, 6) is 2.85. The standard InChI is InChI=1S/C38H66O2/c1-6-7-8-9-10-11-12-13-14-15-16-17-18-19-20-21-29-40-36(39)38(5)28-22-27-37(4)34-25-23-32(31(2)3)30-33(34)24-26-35(37)38/h13-14,24,31-32,34-35H,6-12,15-23,25-30H2,1-5H3/t32?,34-,35?,37-,38+/m1/s1. The van der Waals surface area contributed by atoms with E-state index in [2.05, 4.69) is 52.8 Å². The minimum atomic E-state index is -0.313. The summed E-state index contributed by atoms with van der Waals surface area (Å²) in [6, 6.07) is 0. The van der Waals surface area contributed by atoms with Crippen molar-refractivity contribution >= 4 is 5.97 Å². The molecule has 5 atom stereocenters. The smallest absolute Gasteiger partial charge is 0.312 e. The lowest BCUT2D eigenvalue weighted by Crippen LogP contribution is -2.54. The molecule has 2 unspecified atom stereocenters. The van der Waals surface area contributed by atoms with Crippen LogP contribution in [-0.4, -0.2) is 12.6 Å². The Hall–Kier alpha value is -1.05. The number of hydrogen-bond acceptors (Lipinski definition) is 2. The molecule has 0 N–H and O–H groups in total. The van der Waals surface area contributed by atoms with Gasteiger partial charge in [-0.3, -0.25) is 4.79 Å². The number of hydrogen-bond donors (Lipinski definition) is 0. The van der Waals surface area contributed by atoms with Crippen molar-refractivity contribution in [2.24, 2.45) is 34.5 Å². The summed E-state index contributed by atoms with van der Waals surface area (Å²) in [4.78, 5) is 13.5. The van der Waals surface area contributed by atoms with Crippen LogP contribution in [0.25, 0.3) is 0 Å². The second-order valence-electron chi connectivity index (χ2n) is 14.8. The summed E-state index contributed by atoms with van der Waals surface area (Å²) in [6.45, 7) is 12.5. The maximum Gasteiger partial charge on any atom is 0.312 e. The van der Waals surface area contributed by atoms with Crippen LogP contribution in [0.15, 0.2) is 23.8 Å². The Kier molecular flexibility index (Phi) is 14.4. The van der Waals surface area contributed by atoms with Crippen molar-refractivity contribution in [3.63, 3.8) is 0 Å². The largest absolute Gasteiger partial charge is 0.465 e. The second-order valence-corrected chi connectivity index (χ2v) is 14.8. The van der Waals surface area contributed by atoms with E-state index in [0.717, 1.165) is 31.1 Å². The summed E-state index contributed by atoms with van der Waals surface area (Å²) < 4.78 is 6.01. The highest BCUT2D eigenvalue weighted by atomic mass is 16.5. The van der Waals surface area contributed by atoms with Gasteiger partial charge in [-0.05, 0) is 107 Å². The van der Waals surface area contributed by atoms with Gasteiger partial charge in [0, 0.05) is 0 Å². The van der Waals surface area contributed by atoms with Gasteiger partial charge in [-0.1, -0.05) is 116 Å². The fraction of sp³-hybridized carbons (Fsp3) is 0.868. The molecule has 0 amide bonds. The fourth-order valence-corrected chi connectivity index (χ4v) is 8.71. The number of fused-ring (bicyclic) bond motifs is 3. The maximum absolute atomic E-state index is 13.5. The van der Waals surface area contributed by atoms with Crippen LogP contribution in [0.5, 0.6) is 0 Å². The van der Waals surface area contributed by atoms with E-state index in [1.54, 1.807) is 5.57 Å². The summed E-state index contributed by atoms with van der Waals surface area (Å²) in [6.07, 6.45) is 34.1. The molecule has 0 spiro atoms. The van der Waals surface area contributed by atoms with Gasteiger partial charge >= 0.3 is 5.97 Å². The van der Waals surface area contributed by atoms with Crippen LogP contribution < -0.4 is 0 Å². The number of carbonyl (C=O) groups is 1. The normalized spacial score (nSPS) is 30.2. The van der Waals surface area contributed by atoms with Crippen LogP contribution in [-0.2, 0) is 9.53 Å². The third kappa shape index (κ3) is 9.22. The molecule has 0 aliphatic heterocycles. The molecule has 0 heterocycles. The predicted molar refractivity (Wildman–Crippen MR) is 172 cm³/mol. The predicted octanol–water partition coefficient (Wildman–Crippen LogP) is 11.8. The van der Waals surface area contributed by atoms with Gasteiger partial charge in [0.1, 0.15) is 0 Å². The van der Waals surface area contributed by atoms with Crippen LogP contribution in [0.4, 0.5) is 0 Å². The first-order valence-corrected chi connectivity index (χ1v) is 17.8. The molecule has 0 aromatic heterocycles. The zero-order chi connectivity index (χ0) is 28.8. The quantitative estimate of drug-likeness (QED) is 0.0956. The Morgan fingerprint density at radius 1 is 0.900 bits per heavy atom. The molecule has 2 saturated carbocycles. The van der Waals surface area contributed by atoms with Gasteiger partial charge in [-0.25, -0.2) is 0 Å². The fourth-order valence-electron chi connectivity index (χ4n) is 8.71. The van der Waals surface area contributed by atoms with Gasteiger partial charge in [0.15, 0.2) is 0 Å². The van der Waals surface area contributed by atoms with Crippen molar-refractivity contribution in [3.05, 3.63) is 23.8 Å². The van der Waals surface area contributed by atoms with Crippen LogP contribution in [0.2, 0.25) is 0 Å². The molecule has 2 fully saturated rings. The van der Waals surface area contributed by atoms with Gasteiger partial charge in [0.25, 0.3) is 0 Å². The third-order valence-corrected chi connectivity index (χ3v) is 11.5. The number of esters is 1. The van der Waals surface area contributed by atoms with Gasteiger partial charge in [-0.2, -0.15) is 0 Å². The van der Waals surface area contributed by atoms with E-state index in [-0.39, 0.29) is 16.8 Å². The van der Waals surface area contributed by atoms with Gasteiger partial charge in [0.05, 0.1) is 12.0 Å². The van der Waals surface area contributed by atoms with Gasteiger partial charge in [-0.15, -0.1) is 0 Å². The topological polar surface area (TPSA) is 26.3 Å². The van der Waals surface area contributed by atoms with E-state index in [1.165, 1.54) is 116 Å². The Morgan fingerprint density at radius 2 is 1.52 bits per heavy atom. The number of rotatable bonds is 18. The minimum Gasteiger partial charge on any atom is -0.465 e. The highest BCUT2D eigenvalue weighted by Crippen LogP contribution is 2.63. The average molecular weight is 555 g/mol. The van der Waals surface area contributed by atoms with Crippen LogP contribution in [0, 0.1) is 34.5 Å². The molecule has 2 nitrogen and oxygen atoms in total. The van der Waals surface area contributed by atoms with Gasteiger partial charge < -0.3 is 4.74 Å². The minimum absolute atomic E-state index is 0.101. The Balaban J connectivity index is 1.29. The molecule has 3 aliphatic rings.